The number of aromatic hydroxyl groups is 1. The van der Waals surface area contributed by atoms with Gasteiger partial charge in [-0.15, -0.1) is 0 Å². The van der Waals surface area contributed by atoms with Crippen molar-refractivity contribution in [3.05, 3.63) is 63.7 Å². The lowest BCUT2D eigenvalue weighted by atomic mass is 10.1. The van der Waals surface area contributed by atoms with Gasteiger partial charge in [0.1, 0.15) is 5.75 Å². The van der Waals surface area contributed by atoms with Gasteiger partial charge in [0.15, 0.2) is 11.5 Å². The quantitative estimate of drug-likeness (QED) is 0.347. The number of hydrogen-bond acceptors (Lipinski definition) is 6. The Morgan fingerprint density at radius 1 is 1.27 bits per heavy atom. The third-order valence-corrected chi connectivity index (χ3v) is 3.28. The lowest BCUT2D eigenvalue weighted by Gasteiger charge is -2.05. The zero-order valence-electron chi connectivity index (χ0n) is 13.4. The van der Waals surface area contributed by atoms with Crippen molar-refractivity contribution in [3.63, 3.8) is 0 Å². The number of carbonyl (C=O) groups excluding carboxylic acids is 1. The molecule has 2 aromatic carbocycles. The highest BCUT2D eigenvalue weighted by Gasteiger charge is 2.19. The number of benzene rings is 2. The number of nitro benzene ring substituents is 1. The molecular weight excluding hydrogens is 352 g/mol. The largest absolute Gasteiger partial charge is 0.500 e. The van der Waals surface area contributed by atoms with Gasteiger partial charge in [0.2, 0.25) is 5.75 Å². The molecule has 0 atom stereocenters. The summed E-state index contributed by atoms with van der Waals surface area (Å²) in [6.45, 7) is -2.96. The van der Waals surface area contributed by atoms with Crippen molar-refractivity contribution in [3.8, 4) is 17.2 Å². The maximum Gasteiger partial charge on any atom is 0.387 e. The first-order valence-corrected chi connectivity index (χ1v) is 7.14. The molecule has 2 aromatic rings. The second kappa shape index (κ2) is 8.06. The summed E-state index contributed by atoms with van der Waals surface area (Å²) < 4.78 is 33.2. The normalized spacial score (nSPS) is 10.9. The van der Waals surface area contributed by atoms with Crippen LogP contribution in [0.25, 0.3) is 6.08 Å². The van der Waals surface area contributed by atoms with E-state index in [4.69, 9.17) is 4.74 Å². The SMILES string of the molecule is COc1cc(/C=C/C(=O)c2ccc(OC(F)F)cc2)cc([N+](=O)[O-])c1O. The average Bonchev–Trinajstić information content (AvgIpc) is 2.60. The molecule has 136 valence electrons. The van der Waals surface area contributed by atoms with E-state index in [1.54, 1.807) is 0 Å². The van der Waals surface area contributed by atoms with E-state index >= 15 is 0 Å². The number of ether oxygens (including phenoxy) is 2. The molecule has 0 heterocycles. The first-order valence-electron chi connectivity index (χ1n) is 7.14. The van der Waals surface area contributed by atoms with Gasteiger partial charge in [-0.1, -0.05) is 6.08 Å². The molecule has 0 fully saturated rings. The van der Waals surface area contributed by atoms with Crippen molar-refractivity contribution in [1.82, 2.24) is 0 Å². The smallest absolute Gasteiger partial charge is 0.387 e. The van der Waals surface area contributed by atoms with E-state index in [1.165, 1.54) is 43.5 Å². The van der Waals surface area contributed by atoms with Crippen LogP contribution in [0, 0.1) is 10.1 Å². The lowest BCUT2D eigenvalue weighted by molar-refractivity contribution is -0.386. The Morgan fingerprint density at radius 3 is 2.46 bits per heavy atom. The molecule has 0 unspecified atom stereocenters. The summed E-state index contributed by atoms with van der Waals surface area (Å²) in [4.78, 5) is 22.3. The molecule has 0 amide bonds. The van der Waals surface area contributed by atoms with Crippen LogP contribution in [0.5, 0.6) is 17.2 Å². The van der Waals surface area contributed by atoms with Crippen LogP contribution in [0.4, 0.5) is 14.5 Å². The van der Waals surface area contributed by atoms with Crippen molar-refractivity contribution >= 4 is 17.5 Å². The highest BCUT2D eigenvalue weighted by atomic mass is 19.3. The van der Waals surface area contributed by atoms with Crippen LogP contribution in [0.1, 0.15) is 15.9 Å². The first-order chi connectivity index (χ1) is 12.3. The molecule has 0 radical (unpaired) electrons. The molecule has 0 saturated carbocycles. The van der Waals surface area contributed by atoms with Crippen molar-refractivity contribution < 1.29 is 33.1 Å². The van der Waals surface area contributed by atoms with Crippen LogP contribution in [0.15, 0.2) is 42.5 Å². The minimum Gasteiger partial charge on any atom is -0.500 e. The van der Waals surface area contributed by atoms with Crippen LogP contribution >= 0.6 is 0 Å². The summed E-state index contributed by atoms with van der Waals surface area (Å²) in [6.07, 6.45) is 2.46. The minimum absolute atomic E-state index is 0.0839. The van der Waals surface area contributed by atoms with E-state index < -0.39 is 28.8 Å². The fraction of sp³-hybridized carbons (Fsp3) is 0.118. The van der Waals surface area contributed by atoms with Gasteiger partial charge in [-0.25, -0.2) is 0 Å². The molecule has 0 aliphatic heterocycles. The summed E-state index contributed by atoms with van der Waals surface area (Å²) in [6, 6.07) is 7.48. The fourth-order valence-electron chi connectivity index (χ4n) is 2.07. The predicted molar refractivity (Wildman–Crippen MR) is 87.8 cm³/mol. The van der Waals surface area contributed by atoms with Gasteiger partial charge in [0.25, 0.3) is 0 Å². The van der Waals surface area contributed by atoms with Crippen molar-refractivity contribution in [2.75, 3.05) is 7.11 Å². The summed E-state index contributed by atoms with van der Waals surface area (Å²) in [5.74, 6) is -1.27. The molecule has 0 aliphatic carbocycles. The van der Waals surface area contributed by atoms with Crippen molar-refractivity contribution in [2.24, 2.45) is 0 Å². The standard InChI is InChI=1S/C17H13F2NO6/c1-25-15-9-10(8-13(16(15)22)20(23)24)2-7-14(21)11-3-5-12(6-4-11)26-17(18)19/h2-9,17,22H,1H3/b7-2+. The Hall–Kier alpha value is -3.49. The monoisotopic (exact) mass is 365 g/mol. The number of carbonyl (C=O) groups is 1. The molecule has 9 heteroatoms. The number of rotatable bonds is 7. The Morgan fingerprint density at radius 2 is 1.92 bits per heavy atom. The van der Waals surface area contributed by atoms with Gasteiger partial charge in [-0.2, -0.15) is 8.78 Å². The molecule has 2 rings (SSSR count). The van der Waals surface area contributed by atoms with Crippen LogP contribution in [0.3, 0.4) is 0 Å². The van der Waals surface area contributed by atoms with Gasteiger partial charge in [0, 0.05) is 11.6 Å². The van der Waals surface area contributed by atoms with Gasteiger partial charge < -0.3 is 14.6 Å². The van der Waals surface area contributed by atoms with E-state index in [2.05, 4.69) is 4.74 Å². The average molecular weight is 365 g/mol. The molecule has 0 saturated heterocycles. The maximum absolute atomic E-state index is 12.1. The molecule has 0 bridgehead atoms. The number of halogens is 2. The van der Waals surface area contributed by atoms with Gasteiger partial charge in [-0.05, 0) is 42.0 Å². The van der Waals surface area contributed by atoms with Gasteiger partial charge in [-0.3, -0.25) is 14.9 Å². The number of alkyl halides is 2. The van der Waals surface area contributed by atoms with Crippen molar-refractivity contribution in [2.45, 2.75) is 6.61 Å². The molecular formula is C17H13F2NO6. The zero-order chi connectivity index (χ0) is 19.3. The highest BCUT2D eigenvalue weighted by Crippen LogP contribution is 2.37. The van der Waals surface area contributed by atoms with E-state index in [1.807, 2.05) is 0 Å². The van der Waals surface area contributed by atoms with Crippen LogP contribution < -0.4 is 9.47 Å². The summed E-state index contributed by atoms with van der Waals surface area (Å²) in [5, 5.41) is 20.6. The maximum atomic E-state index is 12.1. The van der Waals surface area contributed by atoms with E-state index in [-0.39, 0.29) is 22.6 Å². The fourth-order valence-corrected chi connectivity index (χ4v) is 2.07. The number of hydrogen-bond donors (Lipinski definition) is 1. The molecule has 7 nitrogen and oxygen atoms in total. The summed E-state index contributed by atoms with van der Waals surface area (Å²) in [5.41, 5.74) is -0.0922. The number of allylic oxidation sites excluding steroid dienone is 1. The van der Waals surface area contributed by atoms with Crippen LogP contribution in [0.2, 0.25) is 0 Å². The van der Waals surface area contributed by atoms with Crippen LogP contribution in [-0.2, 0) is 0 Å². The zero-order valence-corrected chi connectivity index (χ0v) is 13.4. The number of phenolic OH excluding ortho intramolecular Hbond substituents is 1. The van der Waals surface area contributed by atoms with Gasteiger partial charge in [0.05, 0.1) is 12.0 Å². The Bertz CT molecular complexity index is 849. The number of ketones is 1. The lowest BCUT2D eigenvalue weighted by Crippen LogP contribution is -2.02. The first kappa shape index (κ1) is 18.8. The molecule has 0 aliphatic rings. The topological polar surface area (TPSA) is 98.9 Å². The number of methoxy groups -OCH3 is 1. The second-order valence-corrected chi connectivity index (χ2v) is 4.95. The predicted octanol–water partition coefficient (Wildman–Crippen LogP) is 3.81. The Balaban J connectivity index is 2.22. The third-order valence-electron chi connectivity index (χ3n) is 3.28. The molecule has 0 spiro atoms. The Labute approximate surface area is 146 Å². The van der Waals surface area contributed by atoms with Crippen molar-refractivity contribution in [1.29, 1.82) is 0 Å². The summed E-state index contributed by atoms with van der Waals surface area (Å²) in [7, 11) is 1.24. The van der Waals surface area contributed by atoms with E-state index in [0.29, 0.717) is 0 Å². The minimum atomic E-state index is -2.96. The molecule has 26 heavy (non-hydrogen) atoms. The van der Waals surface area contributed by atoms with Crippen LogP contribution in [-0.4, -0.2) is 29.5 Å². The second-order valence-electron chi connectivity index (χ2n) is 4.95. The summed E-state index contributed by atoms with van der Waals surface area (Å²) >= 11 is 0. The van der Waals surface area contributed by atoms with Gasteiger partial charge >= 0.3 is 12.3 Å². The molecule has 1 N–H and O–H groups in total. The molecule has 0 aromatic heterocycles. The Kier molecular flexibility index (Phi) is 5.84. The number of nitro groups is 1. The van der Waals surface area contributed by atoms with E-state index in [0.717, 1.165) is 12.1 Å². The number of nitrogens with zero attached hydrogens (tertiary/aromatic N) is 1. The highest BCUT2D eigenvalue weighted by molar-refractivity contribution is 6.06. The third kappa shape index (κ3) is 4.53. The number of phenols is 1. The van der Waals surface area contributed by atoms with E-state index in [9.17, 15) is 28.8 Å².